The summed E-state index contributed by atoms with van der Waals surface area (Å²) in [5, 5.41) is 0. The summed E-state index contributed by atoms with van der Waals surface area (Å²) in [5.74, 6) is 0.411. The first-order chi connectivity index (χ1) is 5.24. The maximum absolute atomic E-state index is 10.6. The fourth-order valence-corrected chi connectivity index (χ4v) is 1.03. The van der Waals surface area contributed by atoms with Crippen molar-refractivity contribution >= 4 is 5.97 Å². The molecule has 3 heteroatoms. The molecule has 0 N–H and O–H groups in total. The molecule has 1 aliphatic heterocycles. The first-order valence-electron chi connectivity index (χ1n) is 3.75. The van der Waals surface area contributed by atoms with E-state index in [1.165, 1.54) is 0 Å². The minimum Gasteiger partial charge on any atom is -0.495 e. The molecule has 1 rings (SSSR count). The average molecular weight is 156 g/mol. The molecule has 1 fully saturated rings. The van der Waals surface area contributed by atoms with Gasteiger partial charge in [0.2, 0.25) is 0 Å². The summed E-state index contributed by atoms with van der Waals surface area (Å²) in [7, 11) is 0. The highest BCUT2D eigenvalue weighted by Gasteiger charge is 2.26. The van der Waals surface area contributed by atoms with E-state index in [1.807, 2.05) is 6.92 Å². The quantitative estimate of drug-likeness (QED) is 0.455. The monoisotopic (exact) mass is 156 g/mol. The van der Waals surface area contributed by atoms with E-state index >= 15 is 0 Å². The van der Waals surface area contributed by atoms with Gasteiger partial charge in [-0.3, -0.25) is 4.79 Å². The molecule has 0 aromatic rings. The van der Waals surface area contributed by atoms with Crippen LogP contribution >= 0.6 is 0 Å². The van der Waals surface area contributed by atoms with E-state index in [4.69, 9.17) is 9.47 Å². The first kappa shape index (κ1) is 8.11. The fraction of sp³-hybridized carbons (Fsp3) is 0.625. The van der Waals surface area contributed by atoms with Gasteiger partial charge in [-0.25, -0.2) is 0 Å². The summed E-state index contributed by atoms with van der Waals surface area (Å²) in [6.07, 6.45) is 0.983. The molecule has 1 saturated heterocycles. The number of hydrogen-bond acceptors (Lipinski definition) is 3. The van der Waals surface area contributed by atoms with E-state index in [0.29, 0.717) is 25.2 Å². The van der Waals surface area contributed by atoms with Crippen LogP contribution in [0.4, 0.5) is 0 Å². The van der Waals surface area contributed by atoms with E-state index in [1.54, 1.807) is 0 Å². The van der Waals surface area contributed by atoms with E-state index in [-0.39, 0.29) is 12.1 Å². The molecule has 62 valence electrons. The number of ether oxygens (including phenoxy) is 2. The molecule has 0 amide bonds. The molecule has 0 aliphatic carbocycles. The van der Waals surface area contributed by atoms with Gasteiger partial charge in [-0.1, -0.05) is 6.58 Å². The summed E-state index contributed by atoms with van der Waals surface area (Å²) < 4.78 is 10.0. The number of carbonyl (C=O) groups excluding carboxylic acids is 1. The van der Waals surface area contributed by atoms with Crippen LogP contribution in [0.15, 0.2) is 12.3 Å². The molecular formula is C8H12O3. The second kappa shape index (κ2) is 3.42. The van der Waals surface area contributed by atoms with Crippen LogP contribution in [0, 0.1) is 0 Å². The van der Waals surface area contributed by atoms with Crippen LogP contribution in [-0.2, 0) is 14.3 Å². The Hall–Kier alpha value is -0.990. The largest absolute Gasteiger partial charge is 0.495 e. The maximum Gasteiger partial charge on any atom is 0.306 e. The van der Waals surface area contributed by atoms with Crippen LogP contribution in [0.5, 0.6) is 0 Å². The molecule has 11 heavy (non-hydrogen) atoms. The summed E-state index contributed by atoms with van der Waals surface area (Å²) in [6, 6.07) is 0. The van der Waals surface area contributed by atoms with Crippen molar-refractivity contribution in [2.24, 2.45) is 0 Å². The molecule has 0 aromatic carbocycles. The van der Waals surface area contributed by atoms with Crippen molar-refractivity contribution in [2.75, 3.05) is 6.61 Å². The molecule has 0 bridgehead atoms. The number of hydrogen-bond donors (Lipinski definition) is 0. The minimum atomic E-state index is -0.206. The normalized spacial score (nSPS) is 23.0. The van der Waals surface area contributed by atoms with Crippen LogP contribution in [0.3, 0.4) is 0 Å². The lowest BCUT2D eigenvalue weighted by molar-refractivity contribution is -0.141. The van der Waals surface area contributed by atoms with Crippen molar-refractivity contribution in [1.29, 1.82) is 0 Å². The Morgan fingerprint density at radius 1 is 1.91 bits per heavy atom. The van der Waals surface area contributed by atoms with Gasteiger partial charge in [-0.2, -0.15) is 0 Å². The Balaban J connectivity index is 2.37. The van der Waals surface area contributed by atoms with Crippen LogP contribution in [-0.4, -0.2) is 18.7 Å². The summed E-state index contributed by atoms with van der Waals surface area (Å²) in [6.45, 7) is 6.11. The van der Waals surface area contributed by atoms with Crippen molar-refractivity contribution in [3.63, 3.8) is 0 Å². The SMILES string of the molecule is C=C(OCC)C1CCC(=O)O1. The minimum absolute atomic E-state index is 0.157. The molecule has 3 nitrogen and oxygen atoms in total. The molecule has 1 atom stereocenters. The number of esters is 1. The fourth-order valence-electron chi connectivity index (χ4n) is 1.03. The van der Waals surface area contributed by atoms with Gasteiger partial charge in [0.15, 0.2) is 6.10 Å². The highest BCUT2D eigenvalue weighted by Crippen LogP contribution is 2.20. The summed E-state index contributed by atoms with van der Waals surface area (Å²) >= 11 is 0. The van der Waals surface area contributed by atoms with Crippen molar-refractivity contribution < 1.29 is 14.3 Å². The van der Waals surface area contributed by atoms with Crippen LogP contribution < -0.4 is 0 Å². The number of carbonyl (C=O) groups is 1. The lowest BCUT2D eigenvalue weighted by atomic mass is 10.2. The first-order valence-corrected chi connectivity index (χ1v) is 3.75. The van der Waals surface area contributed by atoms with Gasteiger partial charge in [-0.15, -0.1) is 0 Å². The molecule has 0 aromatic heterocycles. The lowest BCUT2D eigenvalue weighted by Gasteiger charge is -2.11. The second-order valence-corrected chi connectivity index (χ2v) is 2.42. The van der Waals surface area contributed by atoms with E-state index < -0.39 is 0 Å². The van der Waals surface area contributed by atoms with Crippen LogP contribution in [0.2, 0.25) is 0 Å². The van der Waals surface area contributed by atoms with Crippen molar-refractivity contribution in [3.05, 3.63) is 12.3 Å². The van der Waals surface area contributed by atoms with Crippen molar-refractivity contribution in [2.45, 2.75) is 25.9 Å². The Bertz CT molecular complexity index is 174. The van der Waals surface area contributed by atoms with E-state index in [2.05, 4.69) is 6.58 Å². The van der Waals surface area contributed by atoms with Crippen LogP contribution in [0.25, 0.3) is 0 Å². The standard InChI is InChI=1S/C8H12O3/c1-3-10-6(2)7-4-5-8(9)11-7/h7H,2-5H2,1H3. The van der Waals surface area contributed by atoms with Crippen molar-refractivity contribution in [1.82, 2.24) is 0 Å². The number of rotatable bonds is 3. The average Bonchev–Trinajstić information content (AvgIpc) is 2.36. The van der Waals surface area contributed by atoms with Gasteiger partial charge in [0, 0.05) is 12.8 Å². The van der Waals surface area contributed by atoms with E-state index in [0.717, 1.165) is 0 Å². The maximum atomic E-state index is 10.6. The van der Waals surface area contributed by atoms with E-state index in [9.17, 15) is 4.79 Å². The zero-order valence-corrected chi connectivity index (χ0v) is 6.63. The van der Waals surface area contributed by atoms with Gasteiger partial charge < -0.3 is 9.47 Å². The van der Waals surface area contributed by atoms with Gasteiger partial charge in [0.05, 0.1) is 6.61 Å². The molecule has 0 saturated carbocycles. The van der Waals surface area contributed by atoms with Gasteiger partial charge >= 0.3 is 5.97 Å². The third kappa shape index (κ3) is 1.97. The zero-order valence-electron chi connectivity index (χ0n) is 6.63. The van der Waals surface area contributed by atoms with Crippen molar-refractivity contribution in [3.8, 4) is 0 Å². The van der Waals surface area contributed by atoms with Gasteiger partial charge in [-0.05, 0) is 6.92 Å². The highest BCUT2D eigenvalue weighted by molar-refractivity contribution is 5.71. The topological polar surface area (TPSA) is 35.5 Å². The third-order valence-electron chi connectivity index (χ3n) is 1.57. The predicted octanol–water partition coefficient (Wildman–Crippen LogP) is 1.24. The Morgan fingerprint density at radius 2 is 2.64 bits per heavy atom. The molecule has 1 aliphatic rings. The Morgan fingerprint density at radius 3 is 3.09 bits per heavy atom. The zero-order chi connectivity index (χ0) is 8.27. The predicted molar refractivity (Wildman–Crippen MR) is 39.9 cm³/mol. The molecule has 0 spiro atoms. The lowest BCUT2D eigenvalue weighted by Crippen LogP contribution is -2.11. The second-order valence-electron chi connectivity index (χ2n) is 2.42. The molecule has 0 radical (unpaired) electrons. The Labute approximate surface area is 66.0 Å². The van der Waals surface area contributed by atoms with Gasteiger partial charge in [0.1, 0.15) is 5.76 Å². The smallest absolute Gasteiger partial charge is 0.306 e. The van der Waals surface area contributed by atoms with Gasteiger partial charge in [0.25, 0.3) is 0 Å². The third-order valence-corrected chi connectivity index (χ3v) is 1.57. The highest BCUT2D eigenvalue weighted by atomic mass is 16.6. The molecule has 1 unspecified atom stereocenters. The summed E-state index contributed by atoms with van der Waals surface area (Å²) in [5.41, 5.74) is 0. The molecular weight excluding hydrogens is 144 g/mol. The number of cyclic esters (lactones) is 1. The Kier molecular flexibility index (Phi) is 2.52. The molecule has 1 heterocycles. The summed E-state index contributed by atoms with van der Waals surface area (Å²) in [4.78, 5) is 10.6. The van der Waals surface area contributed by atoms with Crippen LogP contribution in [0.1, 0.15) is 19.8 Å².